The number of ether oxygens (including phenoxy) is 1. The number of nitrogens with two attached hydrogens (primary N) is 1. The third-order valence-corrected chi connectivity index (χ3v) is 4.02. The molecule has 2 N–H and O–H groups in total. The Bertz CT molecular complexity index is 511. The molecular formula is C15H20N2O2. The van der Waals surface area contributed by atoms with Crippen molar-refractivity contribution in [1.29, 1.82) is 0 Å². The van der Waals surface area contributed by atoms with Crippen LogP contribution in [0.2, 0.25) is 0 Å². The number of benzene rings is 1. The zero-order chi connectivity index (χ0) is 13.6. The fourth-order valence-electron chi connectivity index (χ4n) is 2.69. The standard InChI is InChI=1S/C15H20N2O2/c1-3-17-12-8-11(14(16)10-4-5-10)6-7-13(12)19-9(2)15(17)18/h6-10,14H,3-5,16H2,1-2H3. The van der Waals surface area contributed by atoms with Crippen molar-refractivity contribution in [3.8, 4) is 5.75 Å². The Morgan fingerprint density at radius 2 is 2.21 bits per heavy atom. The van der Waals surface area contributed by atoms with Gasteiger partial charge in [0, 0.05) is 12.6 Å². The van der Waals surface area contributed by atoms with Crippen molar-refractivity contribution in [3.05, 3.63) is 23.8 Å². The molecule has 2 aliphatic rings. The number of carbonyl (C=O) groups is 1. The SMILES string of the molecule is CCN1C(=O)C(C)Oc2ccc(C(N)C3CC3)cc21. The van der Waals surface area contributed by atoms with Crippen molar-refractivity contribution in [3.63, 3.8) is 0 Å². The van der Waals surface area contributed by atoms with Gasteiger partial charge in [0.25, 0.3) is 5.91 Å². The van der Waals surface area contributed by atoms with Crippen molar-refractivity contribution >= 4 is 11.6 Å². The molecule has 1 fully saturated rings. The maximum absolute atomic E-state index is 12.1. The highest BCUT2D eigenvalue weighted by Gasteiger charge is 2.33. The second-order valence-corrected chi connectivity index (χ2v) is 5.43. The van der Waals surface area contributed by atoms with Gasteiger partial charge >= 0.3 is 0 Å². The van der Waals surface area contributed by atoms with Gasteiger partial charge in [-0.25, -0.2) is 0 Å². The van der Waals surface area contributed by atoms with E-state index in [9.17, 15) is 4.79 Å². The summed E-state index contributed by atoms with van der Waals surface area (Å²) in [6.07, 6.45) is 2.01. The van der Waals surface area contributed by atoms with Crippen molar-refractivity contribution in [2.24, 2.45) is 11.7 Å². The second kappa shape index (κ2) is 4.53. The van der Waals surface area contributed by atoms with Crippen LogP contribution in [0.1, 0.15) is 38.3 Å². The molecule has 1 saturated carbocycles. The van der Waals surface area contributed by atoms with Crippen LogP contribution >= 0.6 is 0 Å². The first-order valence-corrected chi connectivity index (χ1v) is 6.99. The van der Waals surface area contributed by atoms with Crippen LogP contribution in [0, 0.1) is 5.92 Å². The predicted octanol–water partition coefficient (Wildman–Crippen LogP) is 2.23. The number of carbonyl (C=O) groups excluding carboxylic acids is 1. The summed E-state index contributed by atoms with van der Waals surface area (Å²) in [6.45, 7) is 4.42. The van der Waals surface area contributed by atoms with Gasteiger partial charge in [0.1, 0.15) is 5.75 Å². The number of rotatable bonds is 3. The van der Waals surface area contributed by atoms with E-state index in [0.717, 1.165) is 17.0 Å². The van der Waals surface area contributed by atoms with Crippen LogP contribution in [0.5, 0.6) is 5.75 Å². The fraction of sp³-hybridized carbons (Fsp3) is 0.533. The summed E-state index contributed by atoms with van der Waals surface area (Å²) in [5.41, 5.74) is 8.20. The van der Waals surface area contributed by atoms with Crippen LogP contribution in [0.3, 0.4) is 0 Å². The number of anilines is 1. The second-order valence-electron chi connectivity index (χ2n) is 5.43. The van der Waals surface area contributed by atoms with Gasteiger partial charge in [-0.3, -0.25) is 4.79 Å². The highest BCUT2D eigenvalue weighted by molar-refractivity contribution is 5.99. The average Bonchev–Trinajstić information content (AvgIpc) is 3.23. The van der Waals surface area contributed by atoms with E-state index in [2.05, 4.69) is 0 Å². The maximum Gasteiger partial charge on any atom is 0.267 e. The Labute approximate surface area is 113 Å². The summed E-state index contributed by atoms with van der Waals surface area (Å²) in [7, 11) is 0. The first-order chi connectivity index (χ1) is 9.11. The Hall–Kier alpha value is -1.55. The smallest absolute Gasteiger partial charge is 0.267 e. The quantitative estimate of drug-likeness (QED) is 0.906. The highest BCUT2D eigenvalue weighted by Crippen LogP contribution is 2.42. The van der Waals surface area contributed by atoms with Crippen molar-refractivity contribution in [2.45, 2.75) is 38.8 Å². The molecule has 1 aliphatic carbocycles. The lowest BCUT2D eigenvalue weighted by molar-refractivity contribution is -0.125. The number of hydrogen-bond acceptors (Lipinski definition) is 3. The Morgan fingerprint density at radius 3 is 2.84 bits per heavy atom. The Kier molecular flexibility index (Phi) is 2.97. The zero-order valence-corrected chi connectivity index (χ0v) is 11.4. The monoisotopic (exact) mass is 260 g/mol. The van der Waals surface area contributed by atoms with Gasteiger partial charge < -0.3 is 15.4 Å². The average molecular weight is 260 g/mol. The molecule has 102 valence electrons. The van der Waals surface area contributed by atoms with E-state index in [1.807, 2.05) is 25.1 Å². The number of nitrogens with zero attached hydrogens (tertiary/aromatic N) is 1. The van der Waals surface area contributed by atoms with Gasteiger partial charge in [-0.05, 0) is 50.3 Å². The summed E-state index contributed by atoms with van der Waals surface area (Å²) < 4.78 is 5.65. The van der Waals surface area contributed by atoms with Gasteiger partial charge in [0.05, 0.1) is 5.69 Å². The van der Waals surface area contributed by atoms with E-state index in [1.54, 1.807) is 11.8 Å². The molecule has 4 heteroatoms. The van der Waals surface area contributed by atoms with E-state index < -0.39 is 6.10 Å². The van der Waals surface area contributed by atoms with E-state index in [1.165, 1.54) is 12.8 Å². The van der Waals surface area contributed by atoms with E-state index in [4.69, 9.17) is 10.5 Å². The molecule has 3 rings (SSSR count). The molecular weight excluding hydrogens is 240 g/mol. The zero-order valence-electron chi connectivity index (χ0n) is 11.4. The number of fused-ring (bicyclic) bond motifs is 1. The molecule has 0 saturated heterocycles. The van der Waals surface area contributed by atoms with Crippen LogP contribution in [0.15, 0.2) is 18.2 Å². The molecule has 1 heterocycles. The lowest BCUT2D eigenvalue weighted by Crippen LogP contribution is -2.44. The summed E-state index contributed by atoms with van der Waals surface area (Å²) in [5.74, 6) is 1.40. The topological polar surface area (TPSA) is 55.6 Å². The Balaban J connectivity index is 1.98. The molecule has 0 spiro atoms. The van der Waals surface area contributed by atoms with E-state index in [-0.39, 0.29) is 11.9 Å². The van der Waals surface area contributed by atoms with Gasteiger partial charge in [0.2, 0.25) is 0 Å². The van der Waals surface area contributed by atoms with Gasteiger partial charge in [-0.15, -0.1) is 0 Å². The van der Waals surface area contributed by atoms with Crippen LogP contribution in [0.4, 0.5) is 5.69 Å². The molecule has 0 aromatic heterocycles. The van der Waals surface area contributed by atoms with Gasteiger partial charge in [0.15, 0.2) is 6.10 Å². The third kappa shape index (κ3) is 2.10. The molecule has 19 heavy (non-hydrogen) atoms. The minimum absolute atomic E-state index is 0.0205. The summed E-state index contributed by atoms with van der Waals surface area (Å²) in [6, 6.07) is 6.07. The number of hydrogen-bond donors (Lipinski definition) is 1. The van der Waals surface area contributed by atoms with Crippen molar-refractivity contribution in [1.82, 2.24) is 0 Å². The van der Waals surface area contributed by atoms with Gasteiger partial charge in [-0.2, -0.15) is 0 Å². The van der Waals surface area contributed by atoms with Crippen LogP contribution in [0.25, 0.3) is 0 Å². The number of amides is 1. The van der Waals surface area contributed by atoms with E-state index >= 15 is 0 Å². The summed E-state index contributed by atoms with van der Waals surface area (Å²) in [5, 5.41) is 0. The molecule has 1 aromatic rings. The van der Waals surface area contributed by atoms with Crippen LogP contribution < -0.4 is 15.4 Å². The molecule has 2 atom stereocenters. The molecule has 1 aromatic carbocycles. The lowest BCUT2D eigenvalue weighted by atomic mass is 10.0. The fourth-order valence-corrected chi connectivity index (χ4v) is 2.69. The molecule has 1 aliphatic heterocycles. The molecule has 0 radical (unpaired) electrons. The van der Waals surface area contributed by atoms with Gasteiger partial charge in [-0.1, -0.05) is 6.07 Å². The van der Waals surface area contributed by atoms with Crippen molar-refractivity contribution < 1.29 is 9.53 Å². The number of likely N-dealkylation sites (N-methyl/N-ethyl adjacent to an activating group) is 1. The molecule has 2 unspecified atom stereocenters. The van der Waals surface area contributed by atoms with E-state index in [0.29, 0.717) is 12.5 Å². The Morgan fingerprint density at radius 1 is 1.47 bits per heavy atom. The third-order valence-electron chi connectivity index (χ3n) is 4.02. The minimum Gasteiger partial charge on any atom is -0.479 e. The largest absolute Gasteiger partial charge is 0.479 e. The highest BCUT2D eigenvalue weighted by atomic mass is 16.5. The molecule has 1 amide bonds. The minimum atomic E-state index is -0.407. The first-order valence-electron chi connectivity index (χ1n) is 6.99. The lowest BCUT2D eigenvalue weighted by Gasteiger charge is -2.33. The molecule has 4 nitrogen and oxygen atoms in total. The van der Waals surface area contributed by atoms with Crippen LogP contribution in [-0.4, -0.2) is 18.6 Å². The molecule has 0 bridgehead atoms. The summed E-state index contributed by atoms with van der Waals surface area (Å²) in [4.78, 5) is 13.9. The van der Waals surface area contributed by atoms with Crippen molar-refractivity contribution in [2.75, 3.05) is 11.4 Å². The summed E-state index contributed by atoms with van der Waals surface area (Å²) >= 11 is 0. The normalized spacial score (nSPS) is 23.8. The maximum atomic E-state index is 12.1. The predicted molar refractivity (Wildman–Crippen MR) is 74.2 cm³/mol. The van der Waals surface area contributed by atoms with Crippen LogP contribution in [-0.2, 0) is 4.79 Å². The first kappa shape index (κ1) is 12.5.